The molecule has 0 saturated heterocycles. The molecular formula is C15H25NO2S. The van der Waals surface area contributed by atoms with Gasteiger partial charge in [-0.3, -0.25) is 4.21 Å². The number of benzene rings is 1. The number of ether oxygens (including phenoxy) is 1. The summed E-state index contributed by atoms with van der Waals surface area (Å²) in [7, 11) is -0.732. The van der Waals surface area contributed by atoms with Crippen molar-refractivity contribution in [2.75, 3.05) is 25.2 Å². The smallest absolute Gasteiger partial charge is 0.119 e. The zero-order valence-corrected chi connectivity index (χ0v) is 13.1. The van der Waals surface area contributed by atoms with E-state index in [-0.39, 0.29) is 6.04 Å². The van der Waals surface area contributed by atoms with Gasteiger partial charge in [0.05, 0.1) is 6.61 Å². The molecule has 4 heteroatoms. The van der Waals surface area contributed by atoms with Gasteiger partial charge < -0.3 is 10.1 Å². The molecule has 1 aromatic carbocycles. The van der Waals surface area contributed by atoms with E-state index in [2.05, 4.69) is 38.2 Å². The second-order valence-corrected chi connectivity index (χ2v) is 6.78. The summed E-state index contributed by atoms with van der Waals surface area (Å²) in [6.07, 6.45) is 1.73. The largest absolute Gasteiger partial charge is 0.493 e. The monoisotopic (exact) mass is 283 g/mol. The number of nitrogens with one attached hydrogen (secondary N) is 1. The van der Waals surface area contributed by atoms with Crippen molar-refractivity contribution in [1.82, 2.24) is 5.32 Å². The summed E-state index contributed by atoms with van der Waals surface area (Å²) in [6, 6.07) is 8.44. The Morgan fingerprint density at radius 3 is 2.37 bits per heavy atom. The van der Waals surface area contributed by atoms with Crippen LogP contribution in [0.25, 0.3) is 0 Å². The van der Waals surface area contributed by atoms with Gasteiger partial charge in [-0.05, 0) is 30.5 Å². The minimum atomic E-state index is -0.732. The van der Waals surface area contributed by atoms with Crippen molar-refractivity contribution in [3.8, 4) is 5.75 Å². The minimum Gasteiger partial charge on any atom is -0.493 e. The average molecular weight is 283 g/mol. The van der Waals surface area contributed by atoms with Crippen molar-refractivity contribution in [3.05, 3.63) is 29.8 Å². The Hall–Kier alpha value is -0.870. The fourth-order valence-electron chi connectivity index (χ4n) is 1.65. The summed E-state index contributed by atoms with van der Waals surface area (Å²) in [4.78, 5) is 0. The zero-order chi connectivity index (χ0) is 14.3. The summed E-state index contributed by atoms with van der Waals surface area (Å²) < 4.78 is 16.6. The Morgan fingerprint density at radius 2 is 1.84 bits per heavy atom. The number of hydrogen-bond acceptors (Lipinski definition) is 3. The average Bonchev–Trinajstić information content (AvgIpc) is 2.36. The highest BCUT2D eigenvalue weighted by molar-refractivity contribution is 7.84. The van der Waals surface area contributed by atoms with E-state index in [1.165, 1.54) is 5.56 Å². The highest BCUT2D eigenvalue weighted by Gasteiger charge is 2.05. The maximum atomic E-state index is 11.0. The summed E-state index contributed by atoms with van der Waals surface area (Å²) >= 11 is 0. The molecule has 1 aromatic rings. The van der Waals surface area contributed by atoms with Gasteiger partial charge in [0.25, 0.3) is 0 Å². The van der Waals surface area contributed by atoms with Crippen molar-refractivity contribution < 1.29 is 8.95 Å². The first kappa shape index (κ1) is 16.2. The van der Waals surface area contributed by atoms with Gasteiger partial charge in [-0.25, -0.2) is 0 Å². The summed E-state index contributed by atoms with van der Waals surface area (Å²) in [6.45, 7) is 7.91. The van der Waals surface area contributed by atoms with Crippen LogP contribution < -0.4 is 10.1 Å². The molecule has 2 atom stereocenters. The van der Waals surface area contributed by atoms with Crippen LogP contribution >= 0.6 is 0 Å². The van der Waals surface area contributed by atoms with Crippen LogP contribution in [0.3, 0.4) is 0 Å². The van der Waals surface area contributed by atoms with Gasteiger partial charge in [0.2, 0.25) is 0 Å². The van der Waals surface area contributed by atoms with E-state index in [0.29, 0.717) is 11.7 Å². The molecule has 1 rings (SSSR count). The van der Waals surface area contributed by atoms with Gasteiger partial charge in [-0.1, -0.05) is 26.0 Å². The van der Waals surface area contributed by atoms with Gasteiger partial charge in [-0.15, -0.1) is 0 Å². The molecule has 0 aromatic heterocycles. The fraction of sp³-hybridized carbons (Fsp3) is 0.600. The Balaban J connectivity index is 2.43. The fourth-order valence-corrected chi connectivity index (χ4v) is 2.06. The molecule has 1 N–H and O–H groups in total. The standard InChI is InChI=1S/C15H25NO2S/c1-12(2)11-18-15-7-5-14(6-8-15)13(3)16-9-10-19(4)17/h5-8,12-13,16H,9-11H2,1-4H3. The predicted molar refractivity (Wildman–Crippen MR) is 82.1 cm³/mol. The first-order chi connectivity index (χ1) is 8.99. The number of hydrogen-bond donors (Lipinski definition) is 1. The van der Waals surface area contributed by atoms with E-state index < -0.39 is 10.8 Å². The van der Waals surface area contributed by atoms with Gasteiger partial charge in [0.15, 0.2) is 0 Å². The lowest BCUT2D eigenvalue weighted by molar-refractivity contribution is 0.271. The van der Waals surface area contributed by atoms with Gasteiger partial charge in [0, 0.05) is 35.4 Å². The molecule has 0 saturated carbocycles. The molecule has 0 aliphatic rings. The zero-order valence-electron chi connectivity index (χ0n) is 12.3. The first-order valence-electron chi connectivity index (χ1n) is 6.75. The van der Waals surface area contributed by atoms with Crippen molar-refractivity contribution in [1.29, 1.82) is 0 Å². The third-order valence-electron chi connectivity index (χ3n) is 2.80. The van der Waals surface area contributed by atoms with Gasteiger partial charge >= 0.3 is 0 Å². The van der Waals surface area contributed by atoms with Crippen LogP contribution in [-0.2, 0) is 10.8 Å². The molecule has 0 aliphatic heterocycles. The van der Waals surface area contributed by atoms with Crippen LogP contribution in [0, 0.1) is 5.92 Å². The molecule has 0 fully saturated rings. The molecule has 19 heavy (non-hydrogen) atoms. The van der Waals surface area contributed by atoms with Crippen LogP contribution in [0.15, 0.2) is 24.3 Å². The van der Waals surface area contributed by atoms with Crippen molar-refractivity contribution >= 4 is 10.8 Å². The van der Waals surface area contributed by atoms with E-state index in [1.54, 1.807) is 6.26 Å². The molecule has 108 valence electrons. The van der Waals surface area contributed by atoms with Crippen molar-refractivity contribution in [2.45, 2.75) is 26.8 Å². The summed E-state index contributed by atoms with van der Waals surface area (Å²) in [5.74, 6) is 2.15. The van der Waals surface area contributed by atoms with E-state index in [1.807, 2.05) is 12.1 Å². The van der Waals surface area contributed by atoms with E-state index in [0.717, 1.165) is 18.9 Å². The SMILES string of the molecule is CC(C)COc1ccc(C(C)NCCS(C)=O)cc1. The van der Waals surface area contributed by atoms with Crippen LogP contribution in [0.5, 0.6) is 5.75 Å². The number of rotatable bonds is 8. The van der Waals surface area contributed by atoms with E-state index in [4.69, 9.17) is 4.74 Å². The molecule has 2 unspecified atom stereocenters. The Kier molecular flexibility index (Phi) is 7.10. The summed E-state index contributed by atoms with van der Waals surface area (Å²) in [5.41, 5.74) is 1.22. The van der Waals surface area contributed by atoms with Crippen molar-refractivity contribution in [2.24, 2.45) is 5.92 Å². The lowest BCUT2D eigenvalue weighted by Crippen LogP contribution is -2.23. The predicted octanol–water partition coefficient (Wildman–Crippen LogP) is 2.75. The third kappa shape index (κ3) is 6.73. The van der Waals surface area contributed by atoms with Crippen LogP contribution in [0.2, 0.25) is 0 Å². The highest BCUT2D eigenvalue weighted by atomic mass is 32.2. The molecule has 0 amide bonds. The van der Waals surface area contributed by atoms with Gasteiger partial charge in [-0.2, -0.15) is 0 Å². The van der Waals surface area contributed by atoms with Crippen LogP contribution in [-0.4, -0.2) is 29.4 Å². The molecular weight excluding hydrogens is 258 g/mol. The highest BCUT2D eigenvalue weighted by Crippen LogP contribution is 2.18. The minimum absolute atomic E-state index is 0.266. The van der Waals surface area contributed by atoms with Crippen LogP contribution in [0.4, 0.5) is 0 Å². The third-order valence-corrected chi connectivity index (χ3v) is 3.58. The Morgan fingerprint density at radius 1 is 1.21 bits per heavy atom. The lowest BCUT2D eigenvalue weighted by atomic mass is 10.1. The molecule has 0 spiro atoms. The maximum Gasteiger partial charge on any atom is 0.119 e. The Labute approximate surface area is 119 Å². The van der Waals surface area contributed by atoms with E-state index >= 15 is 0 Å². The van der Waals surface area contributed by atoms with Gasteiger partial charge in [0.1, 0.15) is 5.75 Å². The molecule has 3 nitrogen and oxygen atoms in total. The normalized spacial score (nSPS) is 14.4. The quantitative estimate of drug-likeness (QED) is 0.797. The molecule has 0 aliphatic carbocycles. The Bertz CT molecular complexity index is 390. The van der Waals surface area contributed by atoms with E-state index in [9.17, 15) is 4.21 Å². The second kappa shape index (κ2) is 8.33. The van der Waals surface area contributed by atoms with Crippen molar-refractivity contribution in [3.63, 3.8) is 0 Å². The molecule has 0 radical (unpaired) electrons. The topological polar surface area (TPSA) is 38.3 Å². The second-order valence-electron chi connectivity index (χ2n) is 5.23. The molecule has 0 bridgehead atoms. The molecule has 0 heterocycles. The van der Waals surface area contributed by atoms with Crippen LogP contribution in [0.1, 0.15) is 32.4 Å². The first-order valence-corrected chi connectivity index (χ1v) is 8.48. The maximum absolute atomic E-state index is 11.0. The lowest BCUT2D eigenvalue weighted by Gasteiger charge is -2.15. The summed E-state index contributed by atoms with van der Waals surface area (Å²) in [5, 5.41) is 3.37.